The van der Waals surface area contributed by atoms with E-state index in [0.29, 0.717) is 87.1 Å². The molecule has 4 N–H and O–H groups in total. The number of hydrogen-bond donors (Lipinski definition) is 3. The molecule has 9 rings (SSSR count). The number of fused-ring (bicyclic) bond motifs is 2. The van der Waals surface area contributed by atoms with Gasteiger partial charge in [-0.1, -0.05) is 24.3 Å². The molecule has 15 heteroatoms. The number of phenols is 1. The fourth-order valence-corrected chi connectivity index (χ4v) is 10.1. The van der Waals surface area contributed by atoms with Crippen molar-refractivity contribution in [3.63, 3.8) is 0 Å². The summed E-state index contributed by atoms with van der Waals surface area (Å²) in [5.41, 5.74) is 11.3. The van der Waals surface area contributed by atoms with Gasteiger partial charge in [-0.15, -0.1) is 10.2 Å². The van der Waals surface area contributed by atoms with Gasteiger partial charge in [-0.2, -0.15) is 0 Å². The highest BCUT2D eigenvalue weighted by molar-refractivity contribution is 6.01. The van der Waals surface area contributed by atoms with Crippen molar-refractivity contribution in [3.05, 3.63) is 84.2 Å². The molecule has 3 aromatic carbocycles. The van der Waals surface area contributed by atoms with E-state index in [-0.39, 0.29) is 53.5 Å². The number of carbonyl (C=O) groups is 3. The number of likely N-dealkylation sites (N-methyl/N-ethyl adjacent to an activating group) is 1. The average molecular weight is 832 g/mol. The monoisotopic (exact) mass is 831 g/mol. The normalized spacial score (nSPS) is 22.7. The molecular formula is C46H54FN9O5. The van der Waals surface area contributed by atoms with Crippen molar-refractivity contribution < 1.29 is 28.6 Å². The number of phenolic OH excluding ortho intramolecular Hbond substituents is 1. The average Bonchev–Trinajstić information content (AvgIpc) is 3.53. The quantitative estimate of drug-likeness (QED) is 0.186. The summed E-state index contributed by atoms with van der Waals surface area (Å²) in [6.45, 7) is 4.62. The first kappa shape index (κ1) is 40.4. The third-order valence-corrected chi connectivity index (χ3v) is 13.4. The van der Waals surface area contributed by atoms with Gasteiger partial charge < -0.3 is 35.2 Å². The number of piperidine rings is 3. The molecule has 320 valence electrons. The molecule has 14 nitrogen and oxygen atoms in total. The number of halogens is 1. The summed E-state index contributed by atoms with van der Waals surface area (Å²) in [5, 5.41) is 21.4. The highest BCUT2D eigenvalue weighted by atomic mass is 19.1. The standard InChI is InChI=1S/C46H54FN9O5/c1-52(40-11-12-43(58)49-46(40)60)32-6-4-5-30(21-32)29-13-17-53(18-14-29)28-44(59)54-19-15-36(16-20-54)61-37-23-31(47)22-35(24-37)56-33-9-10-34(56)27-55(26-33)41-25-39(50-51-45(41)48)38-7-2-3-8-42(38)57/h2-8,21-25,29,33-34,36,40,57H,9-20,26-28H2,1H3,(H2,48,51)(H,49,58,60)/t33-,34+,40?. The van der Waals surface area contributed by atoms with Crippen molar-refractivity contribution in [2.75, 3.05) is 73.3 Å². The Morgan fingerprint density at radius 3 is 2.39 bits per heavy atom. The molecule has 2 bridgehead atoms. The van der Waals surface area contributed by atoms with Gasteiger partial charge in [0.1, 0.15) is 29.5 Å². The van der Waals surface area contributed by atoms with Crippen LogP contribution in [0.15, 0.2) is 72.8 Å². The van der Waals surface area contributed by atoms with E-state index in [9.17, 15) is 19.5 Å². The van der Waals surface area contributed by atoms with E-state index < -0.39 is 0 Å². The Morgan fingerprint density at radius 2 is 1.66 bits per heavy atom. The van der Waals surface area contributed by atoms with Crippen LogP contribution in [0.5, 0.6) is 11.5 Å². The molecule has 3 amide bonds. The molecule has 61 heavy (non-hydrogen) atoms. The molecule has 5 aliphatic rings. The van der Waals surface area contributed by atoms with Gasteiger partial charge in [0.15, 0.2) is 5.82 Å². The number of nitrogens with zero attached hydrogens (tertiary/aromatic N) is 7. The van der Waals surface area contributed by atoms with Crippen LogP contribution >= 0.6 is 0 Å². The lowest BCUT2D eigenvalue weighted by Crippen LogP contribution is -2.54. The van der Waals surface area contributed by atoms with E-state index >= 15 is 4.39 Å². The first-order valence-corrected chi connectivity index (χ1v) is 21.6. The number of hydrogen-bond acceptors (Lipinski definition) is 12. The highest BCUT2D eigenvalue weighted by Crippen LogP contribution is 2.40. The number of aromatic nitrogens is 2. The number of imide groups is 1. The van der Waals surface area contributed by atoms with E-state index in [4.69, 9.17) is 10.5 Å². The number of anilines is 4. The molecule has 0 saturated carbocycles. The molecule has 3 atom stereocenters. The third kappa shape index (κ3) is 8.65. The fourth-order valence-electron chi connectivity index (χ4n) is 10.1. The number of likely N-dealkylation sites (tertiary alicyclic amines) is 2. The third-order valence-electron chi connectivity index (χ3n) is 13.4. The van der Waals surface area contributed by atoms with Crippen LogP contribution in [0.2, 0.25) is 0 Å². The number of nitrogens with two attached hydrogens (primary N) is 1. The smallest absolute Gasteiger partial charge is 0.249 e. The maximum absolute atomic E-state index is 15.2. The van der Waals surface area contributed by atoms with E-state index in [1.807, 2.05) is 47.2 Å². The van der Waals surface area contributed by atoms with Crippen LogP contribution in [-0.4, -0.2) is 120 Å². The first-order chi connectivity index (χ1) is 29.6. The van der Waals surface area contributed by atoms with Crippen molar-refractivity contribution in [2.24, 2.45) is 0 Å². The maximum atomic E-state index is 15.2. The Labute approximate surface area is 355 Å². The molecule has 0 radical (unpaired) electrons. The second kappa shape index (κ2) is 17.2. The summed E-state index contributed by atoms with van der Waals surface area (Å²) in [7, 11) is 1.91. The van der Waals surface area contributed by atoms with Gasteiger partial charge in [0, 0.05) is 93.6 Å². The Kier molecular flexibility index (Phi) is 11.4. The molecule has 5 aliphatic heterocycles. The van der Waals surface area contributed by atoms with Crippen LogP contribution in [0.3, 0.4) is 0 Å². The largest absolute Gasteiger partial charge is 0.507 e. The zero-order valence-corrected chi connectivity index (χ0v) is 34.6. The summed E-state index contributed by atoms with van der Waals surface area (Å²) in [6, 6.07) is 22.2. The van der Waals surface area contributed by atoms with Crippen molar-refractivity contribution in [3.8, 4) is 22.8 Å². The molecule has 5 fully saturated rings. The zero-order valence-electron chi connectivity index (χ0n) is 34.6. The second-order valence-corrected chi connectivity index (χ2v) is 17.3. The van der Waals surface area contributed by atoms with Gasteiger partial charge in [-0.05, 0) is 93.1 Å². The Hall–Kier alpha value is -5.96. The van der Waals surface area contributed by atoms with Gasteiger partial charge in [-0.25, -0.2) is 4.39 Å². The van der Waals surface area contributed by atoms with Gasteiger partial charge in [0.05, 0.1) is 17.9 Å². The minimum absolute atomic E-state index is 0.117. The van der Waals surface area contributed by atoms with Crippen molar-refractivity contribution in [1.29, 1.82) is 0 Å². The summed E-state index contributed by atoms with van der Waals surface area (Å²) in [4.78, 5) is 48.3. The Bertz CT molecular complexity index is 2270. The molecular weight excluding hydrogens is 778 g/mol. The number of piperazine rings is 1. The minimum Gasteiger partial charge on any atom is -0.507 e. The molecule has 4 aromatic rings. The summed E-state index contributed by atoms with van der Waals surface area (Å²) in [5.74, 6) is 0.664. The summed E-state index contributed by atoms with van der Waals surface area (Å²) in [6.07, 6.45) is 5.90. The van der Waals surface area contributed by atoms with Crippen LogP contribution in [0, 0.1) is 5.82 Å². The SMILES string of the molecule is CN(c1cccc(C2CCN(CC(=O)N3CCC(Oc4cc(F)cc(N5[C@@H]6CC[C@H]5CN(c5cc(-c7ccccc7O)nnc5N)C6)c4)CC3)CC2)c1)C1CCC(=O)NC1=O. The van der Waals surface area contributed by atoms with Crippen molar-refractivity contribution in [1.82, 2.24) is 25.3 Å². The van der Waals surface area contributed by atoms with E-state index in [1.54, 1.807) is 24.3 Å². The zero-order chi connectivity index (χ0) is 42.2. The molecule has 5 saturated heterocycles. The van der Waals surface area contributed by atoms with Crippen LogP contribution < -0.4 is 30.5 Å². The predicted molar refractivity (Wildman–Crippen MR) is 231 cm³/mol. The number of rotatable bonds is 10. The van der Waals surface area contributed by atoms with E-state index in [1.165, 1.54) is 11.6 Å². The molecule has 0 spiro atoms. The van der Waals surface area contributed by atoms with Gasteiger partial charge in [-0.3, -0.25) is 24.6 Å². The number of carbonyl (C=O) groups excluding carboxylic acids is 3. The molecule has 0 aliphatic carbocycles. The van der Waals surface area contributed by atoms with Crippen LogP contribution in [-0.2, 0) is 14.4 Å². The molecule has 6 heterocycles. The van der Waals surface area contributed by atoms with Gasteiger partial charge >= 0.3 is 0 Å². The summed E-state index contributed by atoms with van der Waals surface area (Å²) < 4.78 is 21.7. The minimum atomic E-state index is -0.368. The predicted octanol–water partition coefficient (Wildman–Crippen LogP) is 4.92. The number of ether oxygens (including phenoxy) is 1. The second-order valence-electron chi connectivity index (χ2n) is 17.3. The lowest BCUT2D eigenvalue weighted by atomic mass is 9.89. The number of nitrogens with one attached hydrogen (secondary N) is 1. The fraction of sp³-hybridized carbons (Fsp3) is 0.457. The van der Waals surface area contributed by atoms with Gasteiger partial charge in [0.25, 0.3) is 0 Å². The highest BCUT2D eigenvalue weighted by Gasteiger charge is 2.41. The van der Waals surface area contributed by atoms with E-state index in [2.05, 4.69) is 42.3 Å². The lowest BCUT2D eigenvalue weighted by molar-refractivity contribution is -0.135. The Morgan fingerprint density at radius 1 is 0.902 bits per heavy atom. The number of amides is 3. The first-order valence-electron chi connectivity index (χ1n) is 21.6. The maximum Gasteiger partial charge on any atom is 0.249 e. The Balaban J connectivity index is 0.754. The number of benzene rings is 3. The lowest BCUT2D eigenvalue weighted by Gasteiger charge is -2.43. The van der Waals surface area contributed by atoms with Crippen LogP contribution in [0.4, 0.5) is 27.3 Å². The number of para-hydroxylation sites is 1. The summed E-state index contributed by atoms with van der Waals surface area (Å²) >= 11 is 0. The van der Waals surface area contributed by atoms with Crippen LogP contribution in [0.25, 0.3) is 11.3 Å². The van der Waals surface area contributed by atoms with Crippen LogP contribution in [0.1, 0.15) is 62.8 Å². The molecule has 1 aromatic heterocycles. The van der Waals surface area contributed by atoms with Crippen molar-refractivity contribution in [2.45, 2.75) is 81.5 Å². The topological polar surface area (TPSA) is 161 Å². The number of aromatic hydroxyl groups is 1. The number of nitrogen functional groups attached to an aromatic ring is 1. The molecule has 1 unspecified atom stereocenters. The van der Waals surface area contributed by atoms with Gasteiger partial charge in [0.2, 0.25) is 17.7 Å². The van der Waals surface area contributed by atoms with Crippen molar-refractivity contribution >= 4 is 40.6 Å². The van der Waals surface area contributed by atoms with E-state index in [0.717, 1.165) is 55.8 Å².